The highest BCUT2D eigenvalue weighted by atomic mass is 16.6. The van der Waals surface area contributed by atoms with E-state index in [4.69, 9.17) is 9.47 Å². The lowest BCUT2D eigenvalue weighted by Crippen LogP contribution is -2.54. The summed E-state index contributed by atoms with van der Waals surface area (Å²) in [7, 11) is 1.72. The van der Waals surface area contributed by atoms with Gasteiger partial charge in [0.15, 0.2) is 5.96 Å². The van der Waals surface area contributed by atoms with Crippen molar-refractivity contribution in [3.63, 3.8) is 0 Å². The summed E-state index contributed by atoms with van der Waals surface area (Å²) in [6.07, 6.45) is 0.726. The highest BCUT2D eigenvalue weighted by Gasteiger charge is 2.24. The molecule has 0 aliphatic carbocycles. The summed E-state index contributed by atoms with van der Waals surface area (Å²) in [5.41, 5.74) is -0.982. The molecule has 0 bridgehead atoms. The lowest BCUT2D eigenvalue weighted by atomic mass is 10.1. The van der Waals surface area contributed by atoms with Crippen LogP contribution in [0.2, 0.25) is 0 Å². The van der Waals surface area contributed by atoms with Gasteiger partial charge in [-0.1, -0.05) is 0 Å². The molecule has 0 saturated carbocycles. The van der Waals surface area contributed by atoms with Gasteiger partial charge >= 0.3 is 6.09 Å². The van der Waals surface area contributed by atoms with Crippen LogP contribution < -0.4 is 16.0 Å². The third-order valence-corrected chi connectivity index (χ3v) is 2.83. The Balaban J connectivity index is 4.15. The molecule has 1 amide bonds. The van der Waals surface area contributed by atoms with Crippen molar-refractivity contribution >= 4 is 12.1 Å². The molecule has 0 rings (SSSR count). The molecular weight excluding hydrogens is 308 g/mol. The molecule has 7 heteroatoms. The number of hydrogen-bond acceptors (Lipinski definition) is 4. The smallest absolute Gasteiger partial charge is 0.408 e. The Bertz CT molecular complexity index is 401. The number of nitrogens with one attached hydrogen (secondary N) is 3. The third-order valence-electron chi connectivity index (χ3n) is 2.83. The summed E-state index contributed by atoms with van der Waals surface area (Å²) in [6.45, 7) is 15.4. The molecule has 0 radical (unpaired) electrons. The summed E-state index contributed by atoms with van der Waals surface area (Å²) in [5.74, 6) is 0.693. The monoisotopic (exact) mass is 344 g/mol. The maximum atomic E-state index is 11.9. The predicted molar refractivity (Wildman–Crippen MR) is 98.5 cm³/mol. The van der Waals surface area contributed by atoms with E-state index in [1.54, 1.807) is 7.05 Å². The lowest BCUT2D eigenvalue weighted by Gasteiger charge is -2.29. The van der Waals surface area contributed by atoms with Gasteiger partial charge in [-0.15, -0.1) is 0 Å². The number of guanidine groups is 1. The fraction of sp³-hybridized carbons (Fsp3) is 0.882. The second-order valence-electron chi connectivity index (χ2n) is 7.64. The summed E-state index contributed by atoms with van der Waals surface area (Å²) in [4.78, 5) is 16.0. The number of nitrogens with zero attached hydrogens (tertiary/aromatic N) is 1. The number of aliphatic imine (C=N–C) groups is 1. The molecule has 3 N–H and O–H groups in total. The van der Waals surface area contributed by atoms with Gasteiger partial charge in [-0.05, 0) is 54.9 Å². The van der Waals surface area contributed by atoms with Gasteiger partial charge in [0.1, 0.15) is 5.60 Å². The third kappa shape index (κ3) is 13.0. The molecule has 0 atom stereocenters. The van der Waals surface area contributed by atoms with Crippen molar-refractivity contribution in [3.05, 3.63) is 0 Å². The second-order valence-corrected chi connectivity index (χ2v) is 7.64. The first-order valence-corrected chi connectivity index (χ1v) is 8.52. The van der Waals surface area contributed by atoms with E-state index in [0.29, 0.717) is 19.1 Å². The lowest BCUT2D eigenvalue weighted by molar-refractivity contribution is 0.0473. The Labute approximate surface area is 147 Å². The molecule has 0 unspecified atom stereocenters. The van der Waals surface area contributed by atoms with Crippen LogP contribution in [0, 0.1) is 0 Å². The van der Waals surface area contributed by atoms with Crippen molar-refractivity contribution in [1.29, 1.82) is 0 Å². The molecule has 0 aromatic carbocycles. The molecule has 0 saturated heterocycles. The molecule has 24 heavy (non-hydrogen) atoms. The van der Waals surface area contributed by atoms with Crippen molar-refractivity contribution in [3.8, 4) is 0 Å². The highest BCUT2D eigenvalue weighted by molar-refractivity contribution is 5.79. The minimum atomic E-state index is -0.511. The number of carbonyl (C=O) groups excluding carboxylic acids is 1. The minimum Gasteiger partial charge on any atom is -0.444 e. The fourth-order valence-electron chi connectivity index (χ4n) is 1.75. The number of rotatable bonds is 8. The van der Waals surface area contributed by atoms with Gasteiger partial charge < -0.3 is 25.4 Å². The molecule has 0 fully saturated rings. The standard InChI is InChI=1S/C17H36N4O3/c1-13(2)23-11-9-10-19-14(18-8)20-12-17(6,7)21-15(22)24-16(3,4)5/h13H,9-12H2,1-8H3,(H,21,22)(H2,18,19,20). The molecule has 0 aromatic heterocycles. The van der Waals surface area contributed by atoms with Crippen LogP contribution in [0.5, 0.6) is 0 Å². The average molecular weight is 345 g/mol. The van der Waals surface area contributed by atoms with Gasteiger partial charge in [-0.25, -0.2) is 4.79 Å². The first kappa shape index (κ1) is 22.5. The number of carbonyl (C=O) groups is 1. The van der Waals surface area contributed by atoms with E-state index in [-0.39, 0.29) is 6.10 Å². The zero-order valence-electron chi connectivity index (χ0n) is 16.6. The van der Waals surface area contributed by atoms with Gasteiger partial charge in [0.25, 0.3) is 0 Å². The fourth-order valence-corrected chi connectivity index (χ4v) is 1.75. The van der Waals surface area contributed by atoms with Gasteiger partial charge in [0.2, 0.25) is 0 Å². The molecule has 7 nitrogen and oxygen atoms in total. The van der Waals surface area contributed by atoms with Gasteiger partial charge in [-0.2, -0.15) is 0 Å². The van der Waals surface area contributed by atoms with Crippen molar-refractivity contribution in [1.82, 2.24) is 16.0 Å². The van der Waals surface area contributed by atoms with E-state index < -0.39 is 17.2 Å². The number of hydrogen-bond donors (Lipinski definition) is 3. The van der Waals surface area contributed by atoms with Crippen LogP contribution in [0.25, 0.3) is 0 Å². The Kier molecular flexibility index (Phi) is 9.73. The maximum absolute atomic E-state index is 11.9. The second kappa shape index (κ2) is 10.4. The Morgan fingerprint density at radius 3 is 2.25 bits per heavy atom. The van der Waals surface area contributed by atoms with E-state index in [2.05, 4.69) is 20.9 Å². The number of amides is 1. The largest absolute Gasteiger partial charge is 0.444 e. The molecule has 0 spiro atoms. The molecule has 0 aromatic rings. The van der Waals surface area contributed by atoms with Crippen molar-refractivity contribution in [2.75, 3.05) is 26.7 Å². The topological polar surface area (TPSA) is 84.0 Å². The first-order chi connectivity index (χ1) is 10.9. The zero-order valence-corrected chi connectivity index (χ0v) is 16.6. The Hall–Kier alpha value is -1.50. The van der Waals surface area contributed by atoms with Gasteiger partial charge in [-0.3, -0.25) is 4.99 Å². The molecule has 0 aliphatic heterocycles. The Morgan fingerprint density at radius 2 is 1.75 bits per heavy atom. The van der Waals surface area contributed by atoms with E-state index in [9.17, 15) is 4.79 Å². The predicted octanol–water partition coefficient (Wildman–Crippen LogP) is 2.27. The molecular formula is C17H36N4O3. The van der Waals surface area contributed by atoms with Crippen LogP contribution in [0.1, 0.15) is 54.9 Å². The van der Waals surface area contributed by atoms with Crippen LogP contribution in [-0.2, 0) is 9.47 Å². The van der Waals surface area contributed by atoms with E-state index >= 15 is 0 Å². The van der Waals surface area contributed by atoms with E-state index in [1.165, 1.54) is 0 Å². The highest BCUT2D eigenvalue weighted by Crippen LogP contribution is 2.09. The van der Waals surface area contributed by atoms with Crippen LogP contribution in [0.4, 0.5) is 4.79 Å². The van der Waals surface area contributed by atoms with Crippen LogP contribution in [-0.4, -0.2) is 56.0 Å². The number of ether oxygens (including phenoxy) is 2. The van der Waals surface area contributed by atoms with E-state index in [0.717, 1.165) is 13.0 Å². The molecule has 0 heterocycles. The normalized spacial score (nSPS) is 13.0. The minimum absolute atomic E-state index is 0.252. The van der Waals surface area contributed by atoms with Gasteiger partial charge in [0.05, 0.1) is 11.6 Å². The maximum Gasteiger partial charge on any atom is 0.408 e. The van der Waals surface area contributed by atoms with Crippen LogP contribution in [0.15, 0.2) is 4.99 Å². The SMILES string of the molecule is CN=C(NCCCOC(C)C)NCC(C)(C)NC(=O)OC(C)(C)C. The van der Waals surface area contributed by atoms with Crippen LogP contribution in [0.3, 0.4) is 0 Å². The number of alkyl carbamates (subject to hydrolysis) is 1. The Morgan fingerprint density at radius 1 is 1.12 bits per heavy atom. The summed E-state index contributed by atoms with van der Waals surface area (Å²) in [6, 6.07) is 0. The average Bonchev–Trinajstić information content (AvgIpc) is 2.38. The van der Waals surface area contributed by atoms with E-state index in [1.807, 2.05) is 48.5 Å². The first-order valence-electron chi connectivity index (χ1n) is 8.52. The summed E-state index contributed by atoms with van der Waals surface area (Å²) in [5, 5.41) is 9.28. The van der Waals surface area contributed by atoms with Gasteiger partial charge in [0, 0.05) is 26.7 Å². The summed E-state index contributed by atoms with van der Waals surface area (Å²) >= 11 is 0. The van der Waals surface area contributed by atoms with Crippen LogP contribution >= 0.6 is 0 Å². The summed E-state index contributed by atoms with van der Waals surface area (Å²) < 4.78 is 10.8. The quantitative estimate of drug-likeness (QED) is 0.357. The molecule has 0 aliphatic rings. The zero-order chi connectivity index (χ0) is 18.8. The van der Waals surface area contributed by atoms with Crippen molar-refractivity contribution in [2.24, 2.45) is 4.99 Å². The van der Waals surface area contributed by atoms with Crippen molar-refractivity contribution in [2.45, 2.75) is 72.1 Å². The van der Waals surface area contributed by atoms with Crippen molar-refractivity contribution < 1.29 is 14.3 Å². The molecule has 142 valence electrons.